The van der Waals surface area contributed by atoms with Crippen LogP contribution in [0.5, 0.6) is 0 Å². The highest BCUT2D eigenvalue weighted by Gasteiger charge is 2.45. The third-order valence-corrected chi connectivity index (χ3v) is 6.98. The first kappa shape index (κ1) is 19.4. The number of ketones is 1. The third-order valence-electron chi connectivity index (χ3n) is 6.98. The summed E-state index contributed by atoms with van der Waals surface area (Å²) >= 11 is 0. The van der Waals surface area contributed by atoms with E-state index in [1.807, 2.05) is 6.08 Å². The molecule has 2 bridgehead atoms. The van der Waals surface area contributed by atoms with E-state index in [9.17, 15) is 9.59 Å². The summed E-state index contributed by atoms with van der Waals surface area (Å²) < 4.78 is 0. The Labute approximate surface area is 157 Å². The van der Waals surface area contributed by atoms with Crippen LogP contribution in [-0.2, 0) is 9.59 Å². The first-order valence-corrected chi connectivity index (χ1v) is 10.7. The van der Waals surface area contributed by atoms with Gasteiger partial charge in [0.1, 0.15) is 0 Å². The van der Waals surface area contributed by atoms with Crippen molar-refractivity contribution in [3.8, 4) is 0 Å². The zero-order valence-electron chi connectivity index (χ0n) is 15.9. The normalized spacial score (nSPS) is 32.0. The van der Waals surface area contributed by atoms with Gasteiger partial charge in [-0.15, -0.1) is 0 Å². The summed E-state index contributed by atoms with van der Waals surface area (Å²) in [5, 5.41) is 8.69. The molecule has 3 rings (SSSR count). The molecule has 0 aromatic rings. The maximum Gasteiger partial charge on any atom is 0.303 e. The summed E-state index contributed by atoms with van der Waals surface area (Å²) in [5.41, 5.74) is 0. The largest absolute Gasteiger partial charge is 0.481 e. The Kier molecular flexibility index (Phi) is 7.10. The summed E-state index contributed by atoms with van der Waals surface area (Å²) in [4.78, 5) is 23.1. The van der Waals surface area contributed by atoms with Crippen LogP contribution in [0, 0.1) is 29.6 Å². The van der Waals surface area contributed by atoms with Crippen LogP contribution in [0.2, 0.25) is 0 Å². The van der Waals surface area contributed by atoms with Crippen molar-refractivity contribution >= 4 is 11.8 Å². The van der Waals surface area contributed by atoms with Gasteiger partial charge in [-0.1, -0.05) is 37.5 Å². The Bertz CT molecular complexity index is 542. The molecule has 0 unspecified atom stereocenters. The number of unbranched alkanes of at least 4 members (excludes halogenated alkanes) is 1. The van der Waals surface area contributed by atoms with Crippen LogP contribution < -0.4 is 0 Å². The maximum absolute atomic E-state index is 12.5. The van der Waals surface area contributed by atoms with Gasteiger partial charge in [0, 0.05) is 12.3 Å². The lowest BCUT2D eigenvalue weighted by Gasteiger charge is -2.28. The summed E-state index contributed by atoms with van der Waals surface area (Å²) in [6, 6.07) is 0. The van der Waals surface area contributed by atoms with Crippen molar-refractivity contribution in [1.82, 2.24) is 0 Å². The molecule has 3 fully saturated rings. The lowest BCUT2D eigenvalue weighted by atomic mass is 9.76. The van der Waals surface area contributed by atoms with Crippen molar-refractivity contribution in [2.75, 3.05) is 0 Å². The van der Waals surface area contributed by atoms with Gasteiger partial charge >= 0.3 is 5.97 Å². The number of fused-ring (bicyclic) bond motifs is 2. The standard InChI is InChI=1S/C23H34O3/c24-22(17-8-4-3-5-9-17)15-14-21-19-13-12-18(16-19)20(21)10-6-1-2-7-11-23(25)26/h1,6,14-15,17-21H,2-5,7-13,16H2,(H,25,26)/b6-1-,15-14+/t18-,19+,20+,21+/m1/s1. The molecule has 3 aliphatic carbocycles. The molecule has 0 saturated heterocycles. The third kappa shape index (κ3) is 5.08. The first-order valence-electron chi connectivity index (χ1n) is 10.7. The van der Waals surface area contributed by atoms with Gasteiger partial charge in [0.05, 0.1) is 0 Å². The molecule has 0 spiro atoms. The molecule has 0 amide bonds. The SMILES string of the molecule is O=C(O)CCC/C=C\C[C@H]1[C@@H]2CC[C@@H](C2)[C@@H]1/C=C/C(=O)C1CCCCC1. The van der Waals surface area contributed by atoms with Crippen LogP contribution in [0.3, 0.4) is 0 Å². The van der Waals surface area contributed by atoms with E-state index >= 15 is 0 Å². The molecule has 144 valence electrons. The van der Waals surface area contributed by atoms with E-state index in [4.69, 9.17) is 5.11 Å². The molecule has 0 aliphatic heterocycles. The highest BCUT2D eigenvalue weighted by Crippen LogP contribution is 2.54. The zero-order chi connectivity index (χ0) is 18.4. The summed E-state index contributed by atoms with van der Waals surface area (Å²) in [6.45, 7) is 0. The predicted molar refractivity (Wildman–Crippen MR) is 104 cm³/mol. The second-order valence-corrected chi connectivity index (χ2v) is 8.66. The molecular formula is C23H34O3. The lowest BCUT2D eigenvalue weighted by Crippen LogP contribution is -2.21. The minimum atomic E-state index is -0.709. The Balaban J connectivity index is 1.50. The van der Waals surface area contributed by atoms with E-state index < -0.39 is 5.97 Å². The Morgan fingerprint density at radius 3 is 2.50 bits per heavy atom. The highest BCUT2D eigenvalue weighted by atomic mass is 16.4. The van der Waals surface area contributed by atoms with Crippen molar-refractivity contribution in [2.24, 2.45) is 29.6 Å². The molecule has 0 aromatic heterocycles. The molecule has 0 radical (unpaired) electrons. The summed E-state index contributed by atoms with van der Waals surface area (Å²) in [6.07, 6.45) is 21.5. The molecule has 3 heteroatoms. The van der Waals surface area contributed by atoms with E-state index in [-0.39, 0.29) is 12.3 Å². The van der Waals surface area contributed by atoms with Crippen LogP contribution in [-0.4, -0.2) is 16.9 Å². The molecule has 3 nitrogen and oxygen atoms in total. The van der Waals surface area contributed by atoms with Crippen LogP contribution >= 0.6 is 0 Å². The van der Waals surface area contributed by atoms with Crippen molar-refractivity contribution in [2.45, 2.75) is 77.0 Å². The van der Waals surface area contributed by atoms with Gasteiger partial charge in [-0.25, -0.2) is 0 Å². The van der Waals surface area contributed by atoms with Crippen molar-refractivity contribution in [3.63, 3.8) is 0 Å². The average molecular weight is 359 g/mol. The average Bonchev–Trinajstić information content (AvgIpc) is 3.24. The van der Waals surface area contributed by atoms with Crippen LogP contribution in [0.4, 0.5) is 0 Å². The number of rotatable bonds is 9. The topological polar surface area (TPSA) is 54.4 Å². The van der Waals surface area contributed by atoms with E-state index in [1.165, 1.54) is 38.5 Å². The van der Waals surface area contributed by atoms with Gasteiger partial charge in [-0.2, -0.15) is 0 Å². The van der Waals surface area contributed by atoms with Gasteiger partial charge in [0.2, 0.25) is 0 Å². The van der Waals surface area contributed by atoms with Crippen LogP contribution in [0.25, 0.3) is 0 Å². The molecule has 26 heavy (non-hydrogen) atoms. The quantitative estimate of drug-likeness (QED) is 0.334. The van der Waals surface area contributed by atoms with Crippen molar-refractivity contribution < 1.29 is 14.7 Å². The Morgan fingerprint density at radius 2 is 1.73 bits per heavy atom. The fraction of sp³-hybridized carbons (Fsp3) is 0.739. The second-order valence-electron chi connectivity index (χ2n) is 8.66. The lowest BCUT2D eigenvalue weighted by molar-refractivity contribution is -0.137. The molecule has 3 saturated carbocycles. The monoisotopic (exact) mass is 358 g/mol. The van der Waals surface area contributed by atoms with Gasteiger partial charge in [-0.3, -0.25) is 9.59 Å². The van der Waals surface area contributed by atoms with Gasteiger partial charge < -0.3 is 5.11 Å². The number of aliphatic carboxylic acids is 1. The molecule has 0 heterocycles. The van der Waals surface area contributed by atoms with Gasteiger partial charge in [-0.05, 0) is 81.1 Å². The number of allylic oxidation sites excluding steroid dienone is 4. The van der Waals surface area contributed by atoms with E-state index in [0.717, 1.165) is 43.9 Å². The van der Waals surface area contributed by atoms with Gasteiger partial charge in [0.15, 0.2) is 5.78 Å². The predicted octanol–water partition coefficient (Wildman–Crippen LogP) is 5.56. The van der Waals surface area contributed by atoms with Gasteiger partial charge in [0.25, 0.3) is 0 Å². The maximum atomic E-state index is 12.5. The fourth-order valence-electron chi connectivity index (χ4n) is 5.58. The minimum absolute atomic E-state index is 0.257. The van der Waals surface area contributed by atoms with Crippen LogP contribution in [0.15, 0.2) is 24.3 Å². The summed E-state index contributed by atoms with van der Waals surface area (Å²) in [5.74, 6) is 2.80. The first-order chi connectivity index (χ1) is 12.6. The second kappa shape index (κ2) is 9.53. The van der Waals surface area contributed by atoms with Crippen molar-refractivity contribution in [1.29, 1.82) is 0 Å². The van der Waals surface area contributed by atoms with E-state index in [1.54, 1.807) is 0 Å². The number of carboxylic acids is 1. The van der Waals surface area contributed by atoms with Crippen LogP contribution in [0.1, 0.15) is 77.0 Å². The molecule has 1 N–H and O–H groups in total. The highest BCUT2D eigenvalue weighted by molar-refractivity contribution is 5.91. The molecule has 3 aliphatic rings. The smallest absolute Gasteiger partial charge is 0.303 e. The number of carboxylic acid groups (broad SMARTS) is 1. The number of carbonyl (C=O) groups is 2. The Hall–Kier alpha value is -1.38. The Morgan fingerprint density at radius 1 is 0.962 bits per heavy atom. The molecule has 4 atom stereocenters. The molecule has 0 aromatic carbocycles. The number of carbonyl (C=O) groups excluding carboxylic acids is 1. The zero-order valence-corrected chi connectivity index (χ0v) is 15.9. The summed E-state index contributed by atoms with van der Waals surface area (Å²) in [7, 11) is 0. The minimum Gasteiger partial charge on any atom is -0.481 e. The number of hydrogen-bond donors (Lipinski definition) is 1. The van der Waals surface area contributed by atoms with E-state index in [2.05, 4.69) is 18.2 Å². The van der Waals surface area contributed by atoms with Crippen molar-refractivity contribution in [3.05, 3.63) is 24.3 Å². The molecular weight excluding hydrogens is 324 g/mol. The fourth-order valence-corrected chi connectivity index (χ4v) is 5.58. The van der Waals surface area contributed by atoms with E-state index in [0.29, 0.717) is 17.6 Å². The number of hydrogen-bond acceptors (Lipinski definition) is 2.